The van der Waals surface area contributed by atoms with E-state index in [0.29, 0.717) is 5.92 Å². The summed E-state index contributed by atoms with van der Waals surface area (Å²) < 4.78 is 0. The number of aliphatic hydroxyl groups excluding tert-OH is 1. The van der Waals surface area contributed by atoms with E-state index in [9.17, 15) is 5.11 Å². The average molecular weight is 261 g/mol. The molecule has 1 aliphatic rings. The topological polar surface area (TPSA) is 23.5 Å². The molecule has 0 spiro atoms. The zero-order valence-electron chi connectivity index (χ0n) is 12.5. The van der Waals surface area contributed by atoms with Crippen molar-refractivity contribution in [1.29, 1.82) is 0 Å². The fourth-order valence-electron chi connectivity index (χ4n) is 2.87. The zero-order valence-corrected chi connectivity index (χ0v) is 12.5. The predicted molar refractivity (Wildman–Crippen MR) is 80.6 cm³/mol. The highest BCUT2D eigenvalue weighted by Gasteiger charge is 2.21. The molecule has 2 heteroatoms. The van der Waals surface area contributed by atoms with Crippen molar-refractivity contribution in [3.8, 4) is 0 Å². The van der Waals surface area contributed by atoms with E-state index in [1.807, 2.05) is 0 Å². The first kappa shape index (κ1) is 14.5. The third kappa shape index (κ3) is 3.58. The number of nitrogens with zero attached hydrogens (tertiary/aromatic N) is 1. The maximum absolute atomic E-state index is 9.43. The Bertz CT molecular complexity index is 396. The number of aliphatic hydroxyl groups is 1. The van der Waals surface area contributed by atoms with E-state index in [1.165, 1.54) is 43.5 Å². The predicted octanol–water partition coefficient (Wildman–Crippen LogP) is 3.16. The molecule has 1 unspecified atom stereocenters. The van der Waals surface area contributed by atoms with Crippen molar-refractivity contribution in [2.24, 2.45) is 0 Å². The molecule has 1 heterocycles. The molecule has 0 bridgehead atoms. The molecule has 0 radical (unpaired) electrons. The Morgan fingerprint density at radius 3 is 2.47 bits per heavy atom. The Morgan fingerprint density at radius 2 is 1.84 bits per heavy atom. The first-order chi connectivity index (χ1) is 9.03. The van der Waals surface area contributed by atoms with Crippen LogP contribution in [0.5, 0.6) is 0 Å². The van der Waals surface area contributed by atoms with Gasteiger partial charge in [-0.15, -0.1) is 0 Å². The molecule has 1 aliphatic heterocycles. The second kappa shape index (κ2) is 6.06. The quantitative estimate of drug-likeness (QED) is 0.903. The molecular weight excluding hydrogens is 234 g/mol. The lowest BCUT2D eigenvalue weighted by Gasteiger charge is -2.23. The summed E-state index contributed by atoms with van der Waals surface area (Å²) in [5.41, 5.74) is 2.56. The van der Waals surface area contributed by atoms with Gasteiger partial charge >= 0.3 is 0 Å². The average Bonchev–Trinajstić information content (AvgIpc) is 2.64. The van der Waals surface area contributed by atoms with E-state index in [0.717, 1.165) is 0 Å². The third-order valence-electron chi connectivity index (χ3n) is 4.51. The summed E-state index contributed by atoms with van der Waals surface area (Å²) in [6.45, 7) is 6.80. The number of benzene rings is 1. The number of rotatable bonds is 3. The normalized spacial score (nSPS) is 22.2. The first-order valence-electron chi connectivity index (χ1n) is 7.43. The molecule has 0 aromatic heterocycles. The summed E-state index contributed by atoms with van der Waals surface area (Å²) in [5.74, 6) is 0.705. The second-order valence-corrected chi connectivity index (χ2v) is 6.60. The van der Waals surface area contributed by atoms with Crippen molar-refractivity contribution in [2.75, 3.05) is 26.7 Å². The van der Waals surface area contributed by atoms with Crippen molar-refractivity contribution in [2.45, 2.75) is 44.4 Å². The minimum Gasteiger partial charge on any atom is -0.395 e. The van der Waals surface area contributed by atoms with Crippen molar-refractivity contribution in [1.82, 2.24) is 4.90 Å². The number of likely N-dealkylation sites (tertiary alicyclic amines) is 1. The van der Waals surface area contributed by atoms with Crippen LogP contribution in [0.25, 0.3) is 0 Å². The highest BCUT2D eigenvalue weighted by molar-refractivity contribution is 5.30. The fourth-order valence-corrected chi connectivity index (χ4v) is 2.87. The lowest BCUT2D eigenvalue weighted by molar-refractivity contribution is 0.218. The van der Waals surface area contributed by atoms with E-state index >= 15 is 0 Å². The summed E-state index contributed by atoms with van der Waals surface area (Å²) >= 11 is 0. The summed E-state index contributed by atoms with van der Waals surface area (Å²) in [4.78, 5) is 2.43. The van der Waals surface area contributed by atoms with Gasteiger partial charge in [0.25, 0.3) is 0 Å². The van der Waals surface area contributed by atoms with E-state index in [4.69, 9.17) is 0 Å². The van der Waals surface area contributed by atoms with Crippen LogP contribution in [0.3, 0.4) is 0 Å². The van der Waals surface area contributed by atoms with Gasteiger partial charge in [-0.05, 0) is 56.4 Å². The fraction of sp³-hybridized carbons (Fsp3) is 0.647. The van der Waals surface area contributed by atoms with Crippen molar-refractivity contribution in [3.63, 3.8) is 0 Å². The monoisotopic (exact) mass is 261 g/mol. The molecule has 19 heavy (non-hydrogen) atoms. The van der Waals surface area contributed by atoms with Gasteiger partial charge in [-0.1, -0.05) is 38.1 Å². The van der Waals surface area contributed by atoms with Crippen molar-refractivity contribution < 1.29 is 5.11 Å². The van der Waals surface area contributed by atoms with Gasteiger partial charge in [-0.3, -0.25) is 0 Å². The van der Waals surface area contributed by atoms with E-state index < -0.39 is 0 Å². The van der Waals surface area contributed by atoms with Gasteiger partial charge in [-0.25, -0.2) is 0 Å². The summed E-state index contributed by atoms with van der Waals surface area (Å²) in [6.07, 6.45) is 3.86. The number of hydrogen-bond donors (Lipinski definition) is 1. The maximum Gasteiger partial charge on any atom is 0.0522 e. The van der Waals surface area contributed by atoms with Gasteiger partial charge in [0, 0.05) is 5.41 Å². The molecule has 106 valence electrons. The zero-order chi connectivity index (χ0) is 13.9. The Balaban J connectivity index is 2.09. The first-order valence-corrected chi connectivity index (χ1v) is 7.43. The maximum atomic E-state index is 9.43. The summed E-state index contributed by atoms with van der Waals surface area (Å²) in [5, 5.41) is 9.43. The molecule has 1 aromatic carbocycles. The van der Waals surface area contributed by atoms with E-state index in [1.54, 1.807) is 0 Å². The Labute approximate surface area is 117 Å². The molecule has 1 saturated heterocycles. The van der Waals surface area contributed by atoms with Crippen LogP contribution >= 0.6 is 0 Å². The molecule has 1 N–H and O–H groups in total. The van der Waals surface area contributed by atoms with Gasteiger partial charge in [0.1, 0.15) is 0 Å². The summed E-state index contributed by atoms with van der Waals surface area (Å²) in [7, 11) is 2.22. The van der Waals surface area contributed by atoms with E-state index in [-0.39, 0.29) is 12.0 Å². The lowest BCUT2D eigenvalue weighted by atomic mass is 9.83. The Hall–Kier alpha value is -0.860. The second-order valence-electron chi connectivity index (χ2n) is 6.60. The largest absolute Gasteiger partial charge is 0.395 e. The van der Waals surface area contributed by atoms with Crippen LogP contribution in [-0.4, -0.2) is 36.8 Å². The van der Waals surface area contributed by atoms with Crippen LogP contribution in [-0.2, 0) is 5.41 Å². The Kier molecular flexibility index (Phi) is 4.64. The third-order valence-corrected chi connectivity index (χ3v) is 4.51. The smallest absolute Gasteiger partial charge is 0.0522 e. The van der Waals surface area contributed by atoms with Crippen LogP contribution < -0.4 is 0 Å². The van der Waals surface area contributed by atoms with E-state index in [2.05, 4.69) is 50.1 Å². The van der Waals surface area contributed by atoms with Crippen LogP contribution in [0.1, 0.15) is 50.2 Å². The van der Waals surface area contributed by atoms with Gasteiger partial charge in [-0.2, -0.15) is 0 Å². The SMILES string of the molecule is CN1CCCC(c2ccc(C(C)(C)CO)cc2)CC1. The molecule has 2 rings (SSSR count). The molecule has 1 aromatic rings. The van der Waals surface area contributed by atoms with Gasteiger partial charge in [0.2, 0.25) is 0 Å². The van der Waals surface area contributed by atoms with Gasteiger partial charge < -0.3 is 10.0 Å². The highest BCUT2D eigenvalue weighted by atomic mass is 16.3. The van der Waals surface area contributed by atoms with Crippen LogP contribution in [0, 0.1) is 0 Å². The molecule has 1 atom stereocenters. The van der Waals surface area contributed by atoms with Crippen LogP contribution in [0.2, 0.25) is 0 Å². The highest BCUT2D eigenvalue weighted by Crippen LogP contribution is 2.30. The molecule has 0 amide bonds. The standard InChI is InChI=1S/C17H27NO/c1-17(2,13-19)16-8-6-15(7-9-16)14-5-4-11-18(3)12-10-14/h6-9,14,19H,4-5,10-13H2,1-3H3. The minimum absolute atomic E-state index is 0.137. The molecule has 1 fully saturated rings. The van der Waals surface area contributed by atoms with Crippen LogP contribution in [0.4, 0.5) is 0 Å². The molecular formula is C17H27NO. The van der Waals surface area contributed by atoms with Crippen LogP contribution in [0.15, 0.2) is 24.3 Å². The van der Waals surface area contributed by atoms with Gasteiger partial charge in [0.05, 0.1) is 6.61 Å². The van der Waals surface area contributed by atoms with Gasteiger partial charge in [0.15, 0.2) is 0 Å². The molecule has 2 nitrogen and oxygen atoms in total. The lowest BCUT2D eigenvalue weighted by Crippen LogP contribution is -2.22. The summed E-state index contributed by atoms with van der Waals surface area (Å²) in [6, 6.07) is 8.92. The molecule has 0 saturated carbocycles. The minimum atomic E-state index is -0.137. The molecule has 0 aliphatic carbocycles. The van der Waals surface area contributed by atoms with Crippen molar-refractivity contribution in [3.05, 3.63) is 35.4 Å². The van der Waals surface area contributed by atoms with Crippen molar-refractivity contribution >= 4 is 0 Å². The number of hydrogen-bond acceptors (Lipinski definition) is 2. The Morgan fingerprint density at radius 1 is 1.16 bits per heavy atom.